The molecule has 3 aromatic heterocycles. The molecule has 5 nitrogen and oxygen atoms in total. The van der Waals surface area contributed by atoms with Crippen LogP contribution in [0.15, 0.2) is 40.5 Å². The van der Waals surface area contributed by atoms with Crippen molar-refractivity contribution in [2.75, 3.05) is 7.11 Å². The van der Waals surface area contributed by atoms with Gasteiger partial charge in [-0.2, -0.15) is 9.50 Å². The van der Waals surface area contributed by atoms with Crippen LogP contribution < -0.4 is 14.8 Å². The highest BCUT2D eigenvalue weighted by atomic mass is 32.1. The van der Waals surface area contributed by atoms with Gasteiger partial charge in [-0.25, -0.2) is 0 Å². The fraction of sp³-hybridized carbons (Fsp3) is 0.118. The van der Waals surface area contributed by atoms with Crippen LogP contribution in [0.5, 0.6) is 5.75 Å². The zero-order chi connectivity index (χ0) is 16.7. The van der Waals surface area contributed by atoms with Gasteiger partial charge in [-0.05, 0) is 42.1 Å². The van der Waals surface area contributed by atoms with Crippen LogP contribution in [0.25, 0.3) is 22.4 Å². The summed E-state index contributed by atoms with van der Waals surface area (Å²) in [5, 5.41) is 6.39. The maximum atomic E-state index is 12.6. The Labute approximate surface area is 145 Å². The Morgan fingerprint density at radius 3 is 2.79 bits per heavy atom. The molecule has 0 unspecified atom stereocenters. The van der Waals surface area contributed by atoms with E-state index in [4.69, 9.17) is 4.74 Å². The van der Waals surface area contributed by atoms with E-state index in [1.165, 1.54) is 15.9 Å². The van der Waals surface area contributed by atoms with E-state index in [0.29, 0.717) is 21.1 Å². The molecule has 0 atom stereocenters. The summed E-state index contributed by atoms with van der Waals surface area (Å²) in [6.07, 6.45) is 1.91. The van der Waals surface area contributed by atoms with Gasteiger partial charge in [0.1, 0.15) is 5.75 Å². The third kappa shape index (κ3) is 2.42. The summed E-state index contributed by atoms with van der Waals surface area (Å²) < 4.78 is 7.34. The fourth-order valence-corrected chi connectivity index (χ4v) is 4.25. The van der Waals surface area contributed by atoms with Gasteiger partial charge in [0.25, 0.3) is 5.56 Å². The fourth-order valence-electron chi connectivity index (χ4n) is 2.43. The number of benzene rings is 1. The lowest BCUT2D eigenvalue weighted by atomic mass is 10.2. The smallest absolute Gasteiger partial charge is 0.291 e. The van der Waals surface area contributed by atoms with Crippen LogP contribution in [0.4, 0.5) is 0 Å². The second-order valence-corrected chi connectivity index (χ2v) is 7.17. The topological polar surface area (TPSA) is 56.5 Å². The van der Waals surface area contributed by atoms with Crippen molar-refractivity contribution in [2.24, 2.45) is 0 Å². The lowest BCUT2D eigenvalue weighted by Crippen LogP contribution is -2.23. The zero-order valence-corrected chi connectivity index (χ0v) is 14.6. The Kier molecular flexibility index (Phi) is 3.66. The average molecular weight is 355 g/mol. The number of thiazole rings is 1. The molecule has 7 heteroatoms. The lowest BCUT2D eigenvalue weighted by molar-refractivity contribution is 0.416. The van der Waals surface area contributed by atoms with Gasteiger partial charge in [-0.1, -0.05) is 23.5 Å². The Hall–Kier alpha value is -2.51. The van der Waals surface area contributed by atoms with Crippen molar-refractivity contribution < 1.29 is 4.74 Å². The molecule has 1 aromatic carbocycles. The highest BCUT2D eigenvalue weighted by molar-refractivity contribution is 7.15. The van der Waals surface area contributed by atoms with Crippen molar-refractivity contribution in [3.8, 4) is 17.1 Å². The summed E-state index contributed by atoms with van der Waals surface area (Å²) in [4.78, 5) is 18.7. The van der Waals surface area contributed by atoms with Crippen LogP contribution in [-0.2, 0) is 0 Å². The zero-order valence-electron chi connectivity index (χ0n) is 13.0. The number of nitrogens with zero attached hydrogens (tertiary/aromatic N) is 3. The Morgan fingerprint density at radius 2 is 2.08 bits per heavy atom. The van der Waals surface area contributed by atoms with Gasteiger partial charge in [0, 0.05) is 4.88 Å². The quantitative estimate of drug-likeness (QED) is 0.567. The van der Waals surface area contributed by atoms with Gasteiger partial charge in [0.05, 0.1) is 17.2 Å². The molecule has 0 spiro atoms. The average Bonchev–Trinajstić information content (AvgIpc) is 3.26. The van der Waals surface area contributed by atoms with Gasteiger partial charge in [-0.3, -0.25) is 4.79 Å². The van der Waals surface area contributed by atoms with Crippen molar-refractivity contribution in [3.63, 3.8) is 0 Å². The van der Waals surface area contributed by atoms with Crippen molar-refractivity contribution >= 4 is 33.7 Å². The van der Waals surface area contributed by atoms with Crippen LogP contribution in [0.2, 0.25) is 0 Å². The van der Waals surface area contributed by atoms with Crippen LogP contribution in [-0.4, -0.2) is 21.7 Å². The second kappa shape index (κ2) is 5.85. The summed E-state index contributed by atoms with van der Waals surface area (Å²) in [6.45, 7) is 2.03. The number of methoxy groups -OCH3 is 1. The van der Waals surface area contributed by atoms with Gasteiger partial charge in [0.15, 0.2) is 5.82 Å². The predicted molar refractivity (Wildman–Crippen MR) is 97.0 cm³/mol. The number of aromatic nitrogens is 3. The lowest BCUT2D eigenvalue weighted by Gasteiger charge is -2.03. The molecule has 0 amide bonds. The highest BCUT2D eigenvalue weighted by Gasteiger charge is 2.15. The minimum Gasteiger partial charge on any atom is -0.496 e. The third-order valence-electron chi connectivity index (χ3n) is 3.69. The summed E-state index contributed by atoms with van der Waals surface area (Å²) in [5.41, 5.74) is 1.79. The summed E-state index contributed by atoms with van der Waals surface area (Å²) in [5.74, 6) is 1.18. The number of thiophene rings is 1. The number of fused-ring (bicyclic) bond motifs is 1. The molecule has 0 aliphatic carbocycles. The molecule has 0 aliphatic rings. The van der Waals surface area contributed by atoms with Crippen LogP contribution in [0, 0.1) is 6.92 Å². The molecule has 0 saturated heterocycles. The first-order valence-corrected chi connectivity index (χ1v) is 8.96. The van der Waals surface area contributed by atoms with Crippen molar-refractivity contribution in [1.29, 1.82) is 0 Å². The van der Waals surface area contributed by atoms with E-state index in [1.54, 1.807) is 18.4 Å². The van der Waals surface area contributed by atoms with E-state index in [1.807, 2.05) is 48.7 Å². The molecular weight excluding hydrogens is 342 g/mol. The van der Waals surface area contributed by atoms with Crippen LogP contribution in [0.1, 0.15) is 10.4 Å². The molecule has 0 fully saturated rings. The number of aryl methyl sites for hydroxylation is 1. The first-order chi connectivity index (χ1) is 11.7. The molecule has 0 aliphatic heterocycles. The standard InChI is InChI=1S/C17H13N3O2S2/c1-10-7-8-23-13(10)9-14-16(21)20-17(24-14)18-15(19-20)11-5-3-4-6-12(11)22-2/h3-9H,1-2H3/b14-9+. The molecule has 120 valence electrons. The van der Waals surface area contributed by atoms with Crippen molar-refractivity contribution in [1.82, 2.24) is 14.6 Å². The largest absolute Gasteiger partial charge is 0.496 e. The first kappa shape index (κ1) is 15.0. The summed E-state index contributed by atoms with van der Waals surface area (Å²) in [7, 11) is 1.60. The second-order valence-electron chi connectivity index (χ2n) is 5.21. The van der Waals surface area contributed by atoms with Gasteiger partial charge in [-0.15, -0.1) is 16.4 Å². The van der Waals surface area contributed by atoms with Crippen LogP contribution >= 0.6 is 22.7 Å². The minimum absolute atomic E-state index is 0.142. The van der Waals surface area contributed by atoms with E-state index >= 15 is 0 Å². The number of para-hydroxylation sites is 1. The number of rotatable bonds is 3. The number of ether oxygens (including phenoxy) is 1. The number of hydrogen-bond donors (Lipinski definition) is 0. The first-order valence-electron chi connectivity index (χ1n) is 7.26. The summed E-state index contributed by atoms with van der Waals surface area (Å²) in [6, 6.07) is 9.55. The van der Waals surface area contributed by atoms with E-state index in [-0.39, 0.29) is 5.56 Å². The molecule has 0 saturated carbocycles. The van der Waals surface area contributed by atoms with E-state index in [0.717, 1.165) is 16.0 Å². The van der Waals surface area contributed by atoms with Gasteiger partial charge >= 0.3 is 0 Å². The Balaban J connectivity index is 1.86. The molecule has 0 N–H and O–H groups in total. The van der Waals surface area contributed by atoms with Crippen LogP contribution in [0.3, 0.4) is 0 Å². The molecule has 4 rings (SSSR count). The molecule has 24 heavy (non-hydrogen) atoms. The highest BCUT2D eigenvalue weighted by Crippen LogP contribution is 2.27. The summed E-state index contributed by atoms with van der Waals surface area (Å²) >= 11 is 2.96. The van der Waals surface area contributed by atoms with E-state index < -0.39 is 0 Å². The SMILES string of the molecule is COc1ccccc1-c1nc2s/c(=C/c3sccc3C)c(=O)n2n1. The minimum atomic E-state index is -0.142. The normalized spacial score (nSPS) is 12.2. The van der Waals surface area contributed by atoms with Crippen molar-refractivity contribution in [2.45, 2.75) is 6.92 Å². The van der Waals surface area contributed by atoms with E-state index in [2.05, 4.69) is 10.1 Å². The molecule has 4 aromatic rings. The van der Waals surface area contributed by atoms with Crippen molar-refractivity contribution in [3.05, 3.63) is 61.0 Å². The maximum Gasteiger partial charge on any atom is 0.291 e. The molecule has 3 heterocycles. The third-order valence-corrected chi connectivity index (χ3v) is 5.62. The predicted octanol–water partition coefficient (Wildman–Crippen LogP) is 2.74. The molecule has 0 bridgehead atoms. The van der Waals surface area contributed by atoms with E-state index in [9.17, 15) is 4.79 Å². The monoisotopic (exact) mass is 355 g/mol. The number of hydrogen-bond acceptors (Lipinski definition) is 6. The van der Waals surface area contributed by atoms with Gasteiger partial charge in [0.2, 0.25) is 4.96 Å². The Bertz CT molecular complexity index is 1140. The maximum absolute atomic E-state index is 12.6. The molecule has 0 radical (unpaired) electrons. The van der Waals surface area contributed by atoms with Gasteiger partial charge < -0.3 is 4.74 Å². The molecular formula is C17H13N3O2S2. The Morgan fingerprint density at radius 1 is 1.25 bits per heavy atom.